The van der Waals surface area contributed by atoms with Gasteiger partial charge in [-0.2, -0.15) is 0 Å². The minimum absolute atomic E-state index is 0.102. The maximum absolute atomic E-state index is 10.8. The average Bonchev–Trinajstić information content (AvgIpc) is 2.49. The highest BCUT2D eigenvalue weighted by Crippen LogP contribution is 2.48. The van der Waals surface area contributed by atoms with E-state index in [1.165, 1.54) is 0 Å². The van der Waals surface area contributed by atoms with Gasteiger partial charge in [0.15, 0.2) is 0 Å². The standard InChI is InChI=1S/C15H20BrIO2/c1-14(2)8-11(15(3,4)19-14)13(18)10-7-9(16)5-6-12(10)17/h5-7,11,13,18H,8H2,1-4H3. The predicted octanol–water partition coefficient (Wildman–Crippen LogP) is 4.68. The molecule has 19 heavy (non-hydrogen) atoms. The fraction of sp³-hybridized carbons (Fsp3) is 0.600. The van der Waals surface area contributed by atoms with Gasteiger partial charge in [-0.1, -0.05) is 15.9 Å². The van der Waals surface area contributed by atoms with Crippen LogP contribution in [0.25, 0.3) is 0 Å². The molecule has 2 atom stereocenters. The van der Waals surface area contributed by atoms with Crippen LogP contribution in [-0.2, 0) is 4.74 Å². The van der Waals surface area contributed by atoms with Gasteiger partial charge in [-0.25, -0.2) is 0 Å². The first-order chi connectivity index (χ1) is 8.62. The minimum atomic E-state index is -0.499. The van der Waals surface area contributed by atoms with Crippen LogP contribution in [0.2, 0.25) is 0 Å². The number of hydrogen-bond acceptors (Lipinski definition) is 2. The maximum Gasteiger partial charge on any atom is 0.0857 e. The maximum atomic E-state index is 10.8. The Bertz CT molecular complexity index is 485. The number of aliphatic hydroxyl groups excluding tert-OH is 1. The van der Waals surface area contributed by atoms with E-state index in [4.69, 9.17) is 4.74 Å². The van der Waals surface area contributed by atoms with Gasteiger partial charge in [0.05, 0.1) is 17.3 Å². The first kappa shape index (κ1) is 15.7. The topological polar surface area (TPSA) is 29.5 Å². The summed E-state index contributed by atoms with van der Waals surface area (Å²) in [5.74, 6) is 0.102. The normalized spacial score (nSPS) is 26.4. The second-order valence-electron chi connectivity index (χ2n) is 6.39. The summed E-state index contributed by atoms with van der Waals surface area (Å²) in [5.41, 5.74) is 0.496. The molecule has 2 nitrogen and oxygen atoms in total. The second-order valence-corrected chi connectivity index (χ2v) is 8.46. The number of ether oxygens (including phenoxy) is 1. The van der Waals surface area contributed by atoms with Crippen molar-refractivity contribution in [2.75, 3.05) is 0 Å². The third-order valence-corrected chi connectivity index (χ3v) is 5.28. The van der Waals surface area contributed by atoms with Crippen LogP contribution in [0.3, 0.4) is 0 Å². The molecule has 0 aromatic heterocycles. The van der Waals surface area contributed by atoms with Gasteiger partial charge in [0.1, 0.15) is 0 Å². The molecule has 2 rings (SSSR count). The van der Waals surface area contributed by atoms with Gasteiger partial charge in [-0.3, -0.25) is 0 Å². The van der Waals surface area contributed by atoms with Crippen molar-refractivity contribution < 1.29 is 9.84 Å². The average molecular weight is 439 g/mol. The molecule has 1 fully saturated rings. The zero-order valence-electron chi connectivity index (χ0n) is 11.7. The summed E-state index contributed by atoms with van der Waals surface area (Å²) in [6, 6.07) is 6.03. The molecule has 0 saturated carbocycles. The molecule has 4 heteroatoms. The Labute approximate surface area is 137 Å². The van der Waals surface area contributed by atoms with Gasteiger partial charge in [-0.15, -0.1) is 0 Å². The summed E-state index contributed by atoms with van der Waals surface area (Å²) in [4.78, 5) is 0. The molecule has 0 spiro atoms. The van der Waals surface area contributed by atoms with E-state index < -0.39 is 6.10 Å². The zero-order chi connectivity index (χ0) is 14.4. The molecule has 2 unspecified atom stereocenters. The third-order valence-electron chi connectivity index (χ3n) is 3.80. The van der Waals surface area contributed by atoms with E-state index in [1.54, 1.807) is 0 Å². The molecule has 0 radical (unpaired) electrons. The Morgan fingerprint density at radius 3 is 2.53 bits per heavy atom. The quantitative estimate of drug-likeness (QED) is 0.679. The second kappa shape index (κ2) is 5.28. The molecule has 0 amide bonds. The van der Waals surface area contributed by atoms with E-state index in [0.717, 1.165) is 20.0 Å². The number of halogens is 2. The largest absolute Gasteiger partial charge is 0.388 e. The molecule has 0 bridgehead atoms. The van der Waals surface area contributed by atoms with Gasteiger partial charge < -0.3 is 9.84 Å². The van der Waals surface area contributed by atoms with Gasteiger partial charge in [-0.05, 0) is 80.5 Å². The van der Waals surface area contributed by atoms with Crippen molar-refractivity contribution in [2.45, 2.75) is 51.4 Å². The zero-order valence-corrected chi connectivity index (χ0v) is 15.4. The van der Waals surface area contributed by atoms with Crippen LogP contribution in [0, 0.1) is 9.49 Å². The van der Waals surface area contributed by atoms with Crippen molar-refractivity contribution in [2.24, 2.45) is 5.92 Å². The number of aliphatic hydroxyl groups is 1. The first-order valence-corrected chi connectivity index (χ1v) is 8.33. The Balaban J connectivity index is 2.34. The van der Waals surface area contributed by atoms with E-state index in [0.29, 0.717) is 0 Å². The summed E-state index contributed by atoms with van der Waals surface area (Å²) < 4.78 is 8.18. The van der Waals surface area contributed by atoms with E-state index in [-0.39, 0.29) is 17.1 Å². The molecule has 0 aliphatic carbocycles. The van der Waals surface area contributed by atoms with E-state index in [2.05, 4.69) is 66.2 Å². The van der Waals surface area contributed by atoms with E-state index in [1.807, 2.05) is 18.2 Å². The lowest BCUT2D eigenvalue weighted by Crippen LogP contribution is -2.32. The molecular formula is C15H20BrIO2. The highest BCUT2D eigenvalue weighted by molar-refractivity contribution is 14.1. The van der Waals surface area contributed by atoms with Crippen LogP contribution in [0.4, 0.5) is 0 Å². The lowest BCUT2D eigenvalue weighted by molar-refractivity contribution is -0.0881. The molecular weight excluding hydrogens is 419 g/mol. The summed E-state index contributed by atoms with van der Waals surface area (Å²) in [6.07, 6.45) is 0.366. The van der Waals surface area contributed by atoms with Crippen molar-refractivity contribution in [3.63, 3.8) is 0 Å². The fourth-order valence-corrected chi connectivity index (χ4v) is 4.09. The van der Waals surface area contributed by atoms with Gasteiger partial charge in [0.2, 0.25) is 0 Å². The number of benzene rings is 1. The van der Waals surface area contributed by atoms with E-state index >= 15 is 0 Å². The lowest BCUT2D eigenvalue weighted by Gasteiger charge is -2.31. The van der Waals surface area contributed by atoms with Crippen molar-refractivity contribution in [3.05, 3.63) is 31.8 Å². The predicted molar refractivity (Wildman–Crippen MR) is 89.2 cm³/mol. The van der Waals surface area contributed by atoms with E-state index in [9.17, 15) is 5.11 Å². The number of rotatable bonds is 2. The SMILES string of the molecule is CC1(C)CC(C(O)c2cc(Br)ccc2I)C(C)(C)O1. The van der Waals surface area contributed by atoms with Crippen LogP contribution in [0.15, 0.2) is 22.7 Å². The van der Waals surface area contributed by atoms with Crippen LogP contribution >= 0.6 is 38.5 Å². The fourth-order valence-electron chi connectivity index (χ4n) is 3.05. The summed E-state index contributed by atoms with van der Waals surface area (Å²) in [6.45, 7) is 8.32. The third kappa shape index (κ3) is 3.34. The molecule has 106 valence electrons. The summed E-state index contributed by atoms with van der Waals surface area (Å²) >= 11 is 5.76. The smallest absolute Gasteiger partial charge is 0.0857 e. The van der Waals surface area contributed by atoms with Crippen LogP contribution in [-0.4, -0.2) is 16.3 Å². The molecule has 1 aromatic rings. The Hall–Kier alpha value is 0.350. The lowest BCUT2D eigenvalue weighted by atomic mass is 9.80. The van der Waals surface area contributed by atoms with Gasteiger partial charge >= 0.3 is 0 Å². The molecule has 1 saturated heterocycles. The minimum Gasteiger partial charge on any atom is -0.388 e. The van der Waals surface area contributed by atoms with Gasteiger partial charge in [0, 0.05) is 14.0 Å². The Morgan fingerprint density at radius 2 is 2.00 bits per heavy atom. The molecule has 1 aliphatic rings. The van der Waals surface area contributed by atoms with Crippen molar-refractivity contribution in [3.8, 4) is 0 Å². The summed E-state index contributed by atoms with van der Waals surface area (Å²) in [5, 5.41) is 10.8. The Morgan fingerprint density at radius 1 is 1.37 bits per heavy atom. The highest BCUT2D eigenvalue weighted by Gasteiger charge is 2.49. The molecule has 1 heterocycles. The Kier molecular flexibility index (Phi) is 4.37. The first-order valence-electron chi connectivity index (χ1n) is 6.45. The van der Waals surface area contributed by atoms with Crippen LogP contribution in [0.5, 0.6) is 0 Å². The van der Waals surface area contributed by atoms with Crippen molar-refractivity contribution in [1.82, 2.24) is 0 Å². The van der Waals surface area contributed by atoms with Gasteiger partial charge in [0.25, 0.3) is 0 Å². The van der Waals surface area contributed by atoms with Crippen molar-refractivity contribution in [1.29, 1.82) is 0 Å². The monoisotopic (exact) mass is 438 g/mol. The molecule has 1 aromatic carbocycles. The molecule has 1 N–H and O–H groups in total. The van der Waals surface area contributed by atoms with Crippen LogP contribution < -0.4 is 0 Å². The van der Waals surface area contributed by atoms with Crippen LogP contribution in [0.1, 0.15) is 45.8 Å². The summed E-state index contributed by atoms with van der Waals surface area (Å²) in [7, 11) is 0. The highest BCUT2D eigenvalue weighted by atomic mass is 127. The number of hydrogen-bond donors (Lipinski definition) is 1. The van der Waals surface area contributed by atoms with Crippen molar-refractivity contribution >= 4 is 38.5 Å². The molecule has 1 aliphatic heterocycles.